The Bertz CT molecular complexity index is 568. The van der Waals surface area contributed by atoms with Crippen molar-refractivity contribution in [1.82, 2.24) is 9.78 Å². The van der Waals surface area contributed by atoms with E-state index in [1.54, 1.807) is 24.0 Å². The third-order valence-electron chi connectivity index (χ3n) is 2.13. The van der Waals surface area contributed by atoms with Crippen molar-refractivity contribution in [2.75, 3.05) is 5.32 Å². The number of hydrogen-bond donors (Lipinski definition) is 1. The molecule has 6 heteroatoms. The van der Waals surface area contributed by atoms with Crippen LogP contribution in [0.1, 0.15) is 10.5 Å². The highest BCUT2D eigenvalue weighted by Crippen LogP contribution is 2.19. The number of nitrogens with zero attached hydrogens (tertiary/aromatic N) is 2. The van der Waals surface area contributed by atoms with Gasteiger partial charge in [0.2, 0.25) is 0 Å². The molecule has 0 bridgehead atoms. The summed E-state index contributed by atoms with van der Waals surface area (Å²) in [5.74, 6) is -0.639. The lowest BCUT2D eigenvalue weighted by atomic mass is 10.3. The van der Waals surface area contributed by atoms with Gasteiger partial charge in [-0.3, -0.25) is 9.48 Å². The maximum absolute atomic E-state index is 12.9. The van der Waals surface area contributed by atoms with Crippen LogP contribution in [0.3, 0.4) is 0 Å². The molecule has 0 fully saturated rings. The molecule has 1 aromatic heterocycles. The maximum Gasteiger partial charge on any atom is 0.276 e. The molecule has 1 heterocycles. The van der Waals surface area contributed by atoms with Gasteiger partial charge >= 0.3 is 0 Å². The molecule has 88 valence electrons. The maximum atomic E-state index is 12.9. The fourth-order valence-corrected chi connectivity index (χ4v) is 1.93. The van der Waals surface area contributed by atoms with Crippen molar-refractivity contribution >= 4 is 34.2 Å². The summed E-state index contributed by atoms with van der Waals surface area (Å²) in [5, 5.41) is 6.66. The summed E-state index contributed by atoms with van der Waals surface area (Å²) in [6, 6.07) is 5.80. The normalized spacial score (nSPS) is 10.3. The monoisotopic (exact) mass is 345 g/mol. The molecule has 0 saturated heterocycles. The van der Waals surface area contributed by atoms with Crippen LogP contribution in [0.5, 0.6) is 0 Å². The second kappa shape index (κ2) is 4.82. The number of anilines is 1. The molecule has 0 aliphatic heterocycles. The number of carbonyl (C=O) groups is 1. The minimum absolute atomic E-state index is 0.310. The zero-order valence-corrected chi connectivity index (χ0v) is 11.1. The number of halogens is 2. The van der Waals surface area contributed by atoms with Gasteiger partial charge in [0.1, 0.15) is 5.82 Å². The van der Waals surface area contributed by atoms with Crippen LogP contribution in [-0.2, 0) is 7.05 Å². The first-order valence-electron chi connectivity index (χ1n) is 4.82. The number of nitrogens with one attached hydrogen (secondary N) is 1. The number of aromatic nitrogens is 2. The second-order valence-electron chi connectivity index (χ2n) is 3.45. The summed E-state index contributed by atoms with van der Waals surface area (Å²) in [6.45, 7) is 0. The Balaban J connectivity index is 2.18. The van der Waals surface area contributed by atoms with E-state index in [1.807, 2.05) is 22.6 Å². The molecule has 0 spiro atoms. The van der Waals surface area contributed by atoms with Crippen molar-refractivity contribution in [2.24, 2.45) is 7.05 Å². The molecular formula is C11H9FIN3O. The second-order valence-corrected chi connectivity index (χ2v) is 4.62. The number of benzene rings is 1. The molecule has 0 unspecified atom stereocenters. The van der Waals surface area contributed by atoms with Crippen molar-refractivity contribution in [3.05, 3.63) is 45.5 Å². The van der Waals surface area contributed by atoms with Gasteiger partial charge in [-0.2, -0.15) is 5.10 Å². The molecule has 0 aliphatic carbocycles. The van der Waals surface area contributed by atoms with Crippen LogP contribution in [0.25, 0.3) is 0 Å². The fourth-order valence-electron chi connectivity index (χ4n) is 1.31. The molecule has 0 radical (unpaired) electrons. The van der Waals surface area contributed by atoms with Crippen molar-refractivity contribution < 1.29 is 9.18 Å². The Hall–Kier alpha value is -1.44. The minimum atomic E-state index is -0.328. The summed E-state index contributed by atoms with van der Waals surface area (Å²) in [4.78, 5) is 11.8. The quantitative estimate of drug-likeness (QED) is 0.850. The lowest BCUT2D eigenvalue weighted by Crippen LogP contribution is -2.13. The van der Waals surface area contributed by atoms with Crippen LogP contribution >= 0.6 is 22.6 Å². The molecule has 2 aromatic rings. The molecule has 17 heavy (non-hydrogen) atoms. The number of aryl methyl sites for hydroxylation is 1. The van der Waals surface area contributed by atoms with Crippen LogP contribution in [0.15, 0.2) is 30.5 Å². The Morgan fingerprint density at radius 3 is 2.82 bits per heavy atom. The smallest absolute Gasteiger partial charge is 0.276 e. The zero-order chi connectivity index (χ0) is 12.4. The van der Waals surface area contributed by atoms with Crippen molar-refractivity contribution in [1.29, 1.82) is 0 Å². The Morgan fingerprint density at radius 1 is 1.47 bits per heavy atom. The van der Waals surface area contributed by atoms with Crippen molar-refractivity contribution in [3.8, 4) is 0 Å². The predicted molar refractivity (Wildman–Crippen MR) is 70.3 cm³/mol. The minimum Gasteiger partial charge on any atom is -0.320 e. The Morgan fingerprint density at radius 2 is 2.24 bits per heavy atom. The van der Waals surface area contributed by atoms with Gasteiger partial charge in [-0.25, -0.2) is 4.39 Å². The van der Waals surface area contributed by atoms with E-state index in [0.29, 0.717) is 15.0 Å². The highest BCUT2D eigenvalue weighted by atomic mass is 127. The van der Waals surface area contributed by atoms with E-state index >= 15 is 0 Å². The predicted octanol–water partition coefficient (Wildman–Crippen LogP) is 2.42. The largest absolute Gasteiger partial charge is 0.320 e. The molecule has 2 rings (SSSR count). The first kappa shape index (κ1) is 12.0. The molecule has 0 atom stereocenters. The molecule has 1 aromatic carbocycles. The molecule has 1 amide bonds. The average Bonchev–Trinajstić information content (AvgIpc) is 2.69. The van der Waals surface area contributed by atoms with E-state index in [-0.39, 0.29) is 11.7 Å². The fraction of sp³-hybridized carbons (Fsp3) is 0.0909. The van der Waals surface area contributed by atoms with Crippen LogP contribution < -0.4 is 5.32 Å². The standard InChI is InChI=1S/C11H9FIN3O/c1-16-5-4-10(15-16)11(17)14-9-3-2-7(12)6-8(9)13/h2-6H,1H3,(H,14,17). The first-order valence-corrected chi connectivity index (χ1v) is 5.90. The van der Waals surface area contributed by atoms with E-state index in [4.69, 9.17) is 0 Å². The van der Waals surface area contributed by atoms with Crippen molar-refractivity contribution in [2.45, 2.75) is 0 Å². The van der Waals surface area contributed by atoms with Gasteiger partial charge in [0.05, 0.1) is 5.69 Å². The molecule has 4 nitrogen and oxygen atoms in total. The topological polar surface area (TPSA) is 46.9 Å². The Labute approximate surface area is 111 Å². The van der Waals surface area contributed by atoms with Gasteiger partial charge in [0.15, 0.2) is 5.69 Å². The molecule has 0 saturated carbocycles. The van der Waals surface area contributed by atoms with Crippen LogP contribution in [0.2, 0.25) is 0 Å². The molecule has 0 aliphatic rings. The van der Waals surface area contributed by atoms with Gasteiger partial charge in [-0.1, -0.05) is 0 Å². The SMILES string of the molecule is Cn1ccc(C(=O)Nc2ccc(F)cc2I)n1. The number of amides is 1. The van der Waals surface area contributed by atoms with Gasteiger partial charge in [0.25, 0.3) is 5.91 Å². The van der Waals surface area contributed by atoms with E-state index in [1.165, 1.54) is 18.2 Å². The summed E-state index contributed by atoms with van der Waals surface area (Å²) in [7, 11) is 1.73. The Kier molecular flexibility index (Phi) is 3.41. The lowest BCUT2D eigenvalue weighted by molar-refractivity contribution is 0.102. The first-order chi connectivity index (χ1) is 8.06. The van der Waals surface area contributed by atoms with E-state index in [9.17, 15) is 9.18 Å². The highest BCUT2D eigenvalue weighted by Gasteiger charge is 2.10. The van der Waals surface area contributed by atoms with Crippen LogP contribution in [-0.4, -0.2) is 15.7 Å². The van der Waals surface area contributed by atoms with Crippen LogP contribution in [0.4, 0.5) is 10.1 Å². The third kappa shape index (κ3) is 2.82. The lowest BCUT2D eigenvalue weighted by Gasteiger charge is -2.05. The van der Waals surface area contributed by atoms with Crippen molar-refractivity contribution in [3.63, 3.8) is 0 Å². The van der Waals surface area contributed by atoms with E-state index in [2.05, 4.69) is 10.4 Å². The summed E-state index contributed by atoms with van der Waals surface area (Å²) in [5.41, 5.74) is 0.898. The van der Waals surface area contributed by atoms with Crippen LogP contribution in [0, 0.1) is 9.39 Å². The zero-order valence-electron chi connectivity index (χ0n) is 8.95. The van der Waals surface area contributed by atoms with Gasteiger partial charge in [-0.15, -0.1) is 0 Å². The number of hydrogen-bond acceptors (Lipinski definition) is 2. The summed E-state index contributed by atoms with van der Waals surface area (Å²) < 4.78 is 15.1. The third-order valence-corrected chi connectivity index (χ3v) is 3.02. The number of carbonyl (C=O) groups excluding carboxylic acids is 1. The molecule has 1 N–H and O–H groups in total. The van der Waals surface area contributed by atoms with E-state index < -0.39 is 0 Å². The highest BCUT2D eigenvalue weighted by molar-refractivity contribution is 14.1. The van der Waals surface area contributed by atoms with Gasteiger partial charge in [0, 0.05) is 16.8 Å². The summed E-state index contributed by atoms with van der Waals surface area (Å²) >= 11 is 1.96. The summed E-state index contributed by atoms with van der Waals surface area (Å²) in [6.07, 6.45) is 1.69. The molecular weight excluding hydrogens is 336 g/mol. The van der Waals surface area contributed by atoms with E-state index in [0.717, 1.165) is 0 Å². The van der Waals surface area contributed by atoms with Gasteiger partial charge in [-0.05, 0) is 46.9 Å². The van der Waals surface area contributed by atoms with Gasteiger partial charge < -0.3 is 5.32 Å². The number of rotatable bonds is 2. The average molecular weight is 345 g/mol.